The molecule has 0 spiro atoms. The van der Waals surface area contributed by atoms with Gasteiger partial charge in [0.25, 0.3) is 10.0 Å². The van der Waals surface area contributed by atoms with Crippen molar-refractivity contribution in [1.29, 1.82) is 0 Å². The third-order valence-corrected chi connectivity index (χ3v) is 7.47. The molecule has 12 heteroatoms. The molecule has 0 saturated heterocycles. The number of benzene rings is 2. The van der Waals surface area contributed by atoms with Crippen molar-refractivity contribution in [2.45, 2.75) is 11.8 Å². The van der Waals surface area contributed by atoms with Crippen LogP contribution in [0.15, 0.2) is 53.8 Å². The van der Waals surface area contributed by atoms with Crippen molar-refractivity contribution >= 4 is 44.2 Å². The number of hydrogen-bond donors (Lipinski definition) is 1. The number of nitrogen functional groups attached to an aromatic ring is 1. The number of aromatic nitrogens is 3. The van der Waals surface area contributed by atoms with Crippen LogP contribution in [0.25, 0.3) is 22.2 Å². The molecule has 0 fully saturated rings. The van der Waals surface area contributed by atoms with Gasteiger partial charge in [-0.15, -0.1) is 0 Å². The molecule has 2 heterocycles. The number of hydrogen-bond acceptors (Lipinski definition) is 7. The molecule has 0 aliphatic carbocycles. The first kappa shape index (κ1) is 24.7. The lowest BCUT2D eigenvalue weighted by atomic mass is 10.0. The van der Waals surface area contributed by atoms with Crippen molar-refractivity contribution in [2.24, 2.45) is 7.05 Å². The minimum absolute atomic E-state index is 0.102. The topological polar surface area (TPSA) is 113 Å². The van der Waals surface area contributed by atoms with Gasteiger partial charge in [-0.05, 0) is 31.2 Å². The number of ether oxygens (including phenoxy) is 2. The summed E-state index contributed by atoms with van der Waals surface area (Å²) in [6.45, 7) is 1.51. The molecule has 2 aromatic carbocycles. The average molecular weight is 520 g/mol. The van der Waals surface area contributed by atoms with Gasteiger partial charge in [-0.2, -0.15) is 0 Å². The molecule has 0 unspecified atom stereocenters. The molecule has 9 nitrogen and oxygen atoms in total. The summed E-state index contributed by atoms with van der Waals surface area (Å²) in [7, 11) is -1.10. The Labute approximate surface area is 206 Å². The minimum Gasteiger partial charge on any atom is -0.495 e. The highest BCUT2D eigenvalue weighted by Gasteiger charge is 2.30. The van der Waals surface area contributed by atoms with Crippen LogP contribution in [0, 0.1) is 5.82 Å². The van der Waals surface area contributed by atoms with E-state index in [0.717, 1.165) is 4.31 Å². The summed E-state index contributed by atoms with van der Waals surface area (Å²) in [5.74, 6) is -0.279. The smallest absolute Gasteiger partial charge is 0.266 e. The van der Waals surface area contributed by atoms with E-state index in [4.69, 9.17) is 26.8 Å². The molecule has 0 saturated carbocycles. The Bertz CT molecular complexity index is 1510. The fourth-order valence-corrected chi connectivity index (χ4v) is 5.43. The third-order valence-electron chi connectivity index (χ3n) is 5.44. The minimum atomic E-state index is -4.27. The average Bonchev–Trinajstić information content (AvgIpc) is 3.17. The first-order valence-electron chi connectivity index (χ1n) is 10.5. The largest absolute Gasteiger partial charge is 0.495 e. The fourth-order valence-electron chi connectivity index (χ4n) is 3.74. The standard InChI is InChI=1S/C23H23ClFN5O4S/c1-4-34-13-30(35(31,32)14-8-9-19(33-3)17(24)10-14)18-7-5-6-15(21(18)25)16-11-29(2)23-20(16)22(26)27-12-28-23/h5-12H,4,13H2,1-3H3,(H2,26,27,28). The van der Waals surface area contributed by atoms with Gasteiger partial charge in [0.05, 0.1) is 28.1 Å². The maximum Gasteiger partial charge on any atom is 0.266 e. The molecule has 184 valence electrons. The van der Waals surface area contributed by atoms with E-state index in [1.54, 1.807) is 30.8 Å². The van der Waals surface area contributed by atoms with Gasteiger partial charge < -0.3 is 19.8 Å². The molecule has 0 aliphatic heterocycles. The van der Waals surface area contributed by atoms with Gasteiger partial charge in [0.15, 0.2) is 5.82 Å². The predicted octanol–water partition coefficient (Wildman–Crippen LogP) is 4.21. The number of anilines is 2. The summed E-state index contributed by atoms with van der Waals surface area (Å²) in [5, 5.41) is 0.567. The number of rotatable bonds is 8. The Morgan fingerprint density at radius 2 is 1.97 bits per heavy atom. The molecule has 0 amide bonds. The second-order valence-electron chi connectivity index (χ2n) is 7.52. The van der Waals surface area contributed by atoms with Crippen LogP contribution in [-0.4, -0.2) is 43.4 Å². The Hall–Kier alpha value is -3.41. The monoisotopic (exact) mass is 519 g/mol. The van der Waals surface area contributed by atoms with Gasteiger partial charge >= 0.3 is 0 Å². The van der Waals surface area contributed by atoms with Crippen molar-refractivity contribution in [3.8, 4) is 16.9 Å². The van der Waals surface area contributed by atoms with Crippen LogP contribution in [0.1, 0.15) is 6.92 Å². The van der Waals surface area contributed by atoms with Crippen molar-refractivity contribution in [1.82, 2.24) is 14.5 Å². The summed E-state index contributed by atoms with van der Waals surface area (Å²) in [4.78, 5) is 8.09. The fraction of sp³-hybridized carbons (Fsp3) is 0.217. The third kappa shape index (κ3) is 4.38. The molecule has 0 aliphatic rings. The van der Waals surface area contributed by atoms with Crippen molar-refractivity contribution in [3.63, 3.8) is 0 Å². The lowest BCUT2D eigenvalue weighted by molar-refractivity contribution is 0.157. The van der Waals surface area contributed by atoms with Crippen LogP contribution in [0.4, 0.5) is 15.9 Å². The second kappa shape index (κ2) is 9.68. The zero-order chi connectivity index (χ0) is 25.3. The van der Waals surface area contributed by atoms with Gasteiger partial charge in [-0.3, -0.25) is 0 Å². The van der Waals surface area contributed by atoms with Crippen LogP contribution in [-0.2, 0) is 21.8 Å². The lowest BCUT2D eigenvalue weighted by Crippen LogP contribution is -2.34. The van der Waals surface area contributed by atoms with E-state index in [-0.39, 0.29) is 33.6 Å². The summed E-state index contributed by atoms with van der Waals surface area (Å²) in [5.41, 5.74) is 6.96. The molecule has 35 heavy (non-hydrogen) atoms. The van der Waals surface area contributed by atoms with E-state index in [1.165, 1.54) is 43.8 Å². The first-order chi connectivity index (χ1) is 16.7. The van der Waals surface area contributed by atoms with Gasteiger partial charge in [0.2, 0.25) is 0 Å². The van der Waals surface area contributed by atoms with Crippen molar-refractivity contribution in [2.75, 3.05) is 30.5 Å². The molecule has 4 rings (SSSR count). The highest BCUT2D eigenvalue weighted by Crippen LogP contribution is 2.38. The number of methoxy groups -OCH3 is 1. The quantitative estimate of drug-likeness (QED) is 0.347. The van der Waals surface area contributed by atoms with E-state index in [0.29, 0.717) is 22.3 Å². The molecule has 2 aromatic heterocycles. The van der Waals surface area contributed by atoms with Crippen LogP contribution < -0.4 is 14.8 Å². The summed E-state index contributed by atoms with van der Waals surface area (Å²) in [6, 6.07) is 8.48. The van der Waals surface area contributed by atoms with E-state index in [9.17, 15) is 8.42 Å². The van der Waals surface area contributed by atoms with Crippen molar-refractivity contribution in [3.05, 3.63) is 59.8 Å². The Balaban J connectivity index is 1.89. The predicted molar refractivity (Wildman–Crippen MR) is 132 cm³/mol. The summed E-state index contributed by atoms with van der Waals surface area (Å²) in [6.07, 6.45) is 2.99. The number of nitrogens with zero attached hydrogens (tertiary/aromatic N) is 4. The lowest BCUT2D eigenvalue weighted by Gasteiger charge is -2.25. The van der Waals surface area contributed by atoms with Gasteiger partial charge in [0, 0.05) is 31.0 Å². The highest BCUT2D eigenvalue weighted by molar-refractivity contribution is 7.92. The molecule has 0 radical (unpaired) electrons. The zero-order valence-electron chi connectivity index (χ0n) is 19.2. The number of fused-ring (bicyclic) bond motifs is 1. The SMILES string of the molecule is CCOCN(c1cccc(-c2cn(C)c3ncnc(N)c23)c1F)S(=O)(=O)c1ccc(OC)c(Cl)c1. The van der Waals surface area contributed by atoms with Crippen LogP contribution in [0.2, 0.25) is 5.02 Å². The maximum atomic E-state index is 16.0. The van der Waals surface area contributed by atoms with E-state index < -0.39 is 22.6 Å². The number of halogens is 2. The van der Waals surface area contributed by atoms with Crippen LogP contribution in [0.3, 0.4) is 0 Å². The summed E-state index contributed by atoms with van der Waals surface area (Å²) >= 11 is 6.16. The second-order valence-corrected chi connectivity index (χ2v) is 9.79. The number of nitrogens with two attached hydrogens (primary N) is 1. The first-order valence-corrected chi connectivity index (χ1v) is 12.3. The Morgan fingerprint density at radius 1 is 1.20 bits per heavy atom. The van der Waals surface area contributed by atoms with Crippen LogP contribution in [0.5, 0.6) is 5.75 Å². The number of aryl methyl sites for hydroxylation is 1. The van der Waals surface area contributed by atoms with Gasteiger partial charge in [-0.1, -0.05) is 23.7 Å². The van der Waals surface area contributed by atoms with E-state index in [2.05, 4.69) is 9.97 Å². The zero-order valence-corrected chi connectivity index (χ0v) is 20.8. The maximum absolute atomic E-state index is 16.0. The highest BCUT2D eigenvalue weighted by atomic mass is 35.5. The Kier molecular flexibility index (Phi) is 6.84. The summed E-state index contributed by atoms with van der Waals surface area (Å²) < 4.78 is 56.3. The Morgan fingerprint density at radius 3 is 2.66 bits per heavy atom. The molecular weight excluding hydrogens is 497 g/mol. The van der Waals surface area contributed by atoms with E-state index >= 15 is 4.39 Å². The van der Waals surface area contributed by atoms with Gasteiger partial charge in [-0.25, -0.2) is 27.1 Å². The van der Waals surface area contributed by atoms with Crippen molar-refractivity contribution < 1.29 is 22.3 Å². The molecule has 4 aromatic rings. The molecule has 2 N–H and O–H groups in total. The normalized spacial score (nSPS) is 11.7. The van der Waals surface area contributed by atoms with E-state index in [1.807, 2.05) is 0 Å². The molecule has 0 bridgehead atoms. The molecular formula is C23H23ClFN5O4S. The molecule has 0 atom stereocenters. The number of sulfonamides is 1. The van der Waals surface area contributed by atoms with Crippen LogP contribution >= 0.6 is 11.6 Å². The van der Waals surface area contributed by atoms with Gasteiger partial charge in [0.1, 0.15) is 30.3 Å².